The molecule has 13 heavy (non-hydrogen) atoms. The third-order valence-electron chi connectivity index (χ3n) is 3.03. The van der Waals surface area contributed by atoms with Crippen molar-refractivity contribution >= 4 is 0 Å². The summed E-state index contributed by atoms with van der Waals surface area (Å²) in [4.78, 5) is 1.56. The molecule has 76 valence electrons. The lowest BCUT2D eigenvalue weighted by Crippen LogP contribution is -2.60. The maximum absolute atomic E-state index is 9.58. The van der Waals surface area contributed by atoms with Crippen LogP contribution in [0.1, 0.15) is 19.3 Å². The molecule has 0 aliphatic carbocycles. The van der Waals surface area contributed by atoms with Gasteiger partial charge in [0.1, 0.15) is 6.23 Å². The Kier molecular flexibility index (Phi) is 2.08. The van der Waals surface area contributed by atoms with E-state index in [-0.39, 0.29) is 6.42 Å². The van der Waals surface area contributed by atoms with E-state index in [1.165, 1.54) is 0 Å². The van der Waals surface area contributed by atoms with Gasteiger partial charge >= 0.3 is 0 Å². The van der Waals surface area contributed by atoms with E-state index in [9.17, 15) is 20.4 Å². The van der Waals surface area contributed by atoms with Gasteiger partial charge in [-0.15, -0.1) is 0 Å². The van der Waals surface area contributed by atoms with Crippen molar-refractivity contribution in [1.29, 1.82) is 0 Å². The van der Waals surface area contributed by atoms with Crippen LogP contribution in [0.5, 0.6) is 0 Å². The van der Waals surface area contributed by atoms with Gasteiger partial charge < -0.3 is 20.4 Å². The van der Waals surface area contributed by atoms with Gasteiger partial charge in [-0.3, -0.25) is 4.90 Å². The molecule has 0 radical (unpaired) electrons. The fraction of sp³-hybridized carbons (Fsp3) is 1.00. The topological polar surface area (TPSA) is 84.2 Å². The lowest BCUT2D eigenvalue weighted by molar-refractivity contribution is -0.259. The second-order valence-corrected chi connectivity index (χ2v) is 3.94. The molecular weight excluding hydrogens is 174 g/mol. The monoisotopic (exact) mass is 189 g/mol. The van der Waals surface area contributed by atoms with Gasteiger partial charge in [0, 0.05) is 13.0 Å². The van der Waals surface area contributed by atoms with E-state index in [0.717, 1.165) is 0 Å². The molecule has 5 nitrogen and oxygen atoms in total. The molecule has 3 unspecified atom stereocenters. The van der Waals surface area contributed by atoms with Crippen molar-refractivity contribution in [3.63, 3.8) is 0 Å². The summed E-state index contributed by atoms with van der Waals surface area (Å²) in [7, 11) is 0. The minimum absolute atomic E-state index is 0.117. The van der Waals surface area contributed by atoms with E-state index in [1.54, 1.807) is 4.90 Å². The zero-order valence-corrected chi connectivity index (χ0v) is 7.30. The highest BCUT2D eigenvalue weighted by molar-refractivity contribution is 4.99. The van der Waals surface area contributed by atoms with Crippen molar-refractivity contribution in [2.75, 3.05) is 6.54 Å². The molecule has 2 aliphatic rings. The van der Waals surface area contributed by atoms with Crippen LogP contribution in [0.15, 0.2) is 0 Å². The molecule has 0 aromatic carbocycles. The quantitative estimate of drug-likeness (QED) is 0.338. The molecule has 2 aliphatic heterocycles. The molecule has 2 fully saturated rings. The molecule has 5 heteroatoms. The molecular formula is C8H15NO4. The van der Waals surface area contributed by atoms with Crippen molar-refractivity contribution < 1.29 is 20.4 Å². The highest BCUT2D eigenvalue weighted by atomic mass is 16.5. The lowest BCUT2D eigenvalue weighted by Gasteiger charge is -2.43. The van der Waals surface area contributed by atoms with E-state index in [1.807, 2.05) is 0 Å². The molecule has 0 aromatic rings. The van der Waals surface area contributed by atoms with Gasteiger partial charge in [-0.1, -0.05) is 0 Å². The van der Waals surface area contributed by atoms with Crippen LogP contribution < -0.4 is 0 Å². The average Bonchev–Trinajstić information content (AvgIpc) is 2.42. The van der Waals surface area contributed by atoms with Crippen LogP contribution in [-0.4, -0.2) is 56.0 Å². The molecule has 0 bridgehead atoms. The fourth-order valence-corrected chi connectivity index (χ4v) is 2.36. The summed E-state index contributed by atoms with van der Waals surface area (Å²) in [6, 6.07) is -0.726. The normalized spacial score (nSPS) is 44.8. The summed E-state index contributed by atoms with van der Waals surface area (Å²) < 4.78 is 0. The Morgan fingerprint density at radius 3 is 2.46 bits per heavy atom. The van der Waals surface area contributed by atoms with Crippen LogP contribution >= 0.6 is 0 Å². The zero-order chi connectivity index (χ0) is 9.64. The van der Waals surface area contributed by atoms with E-state index in [2.05, 4.69) is 0 Å². The van der Waals surface area contributed by atoms with Crippen LogP contribution in [0, 0.1) is 0 Å². The molecule has 0 spiro atoms. The van der Waals surface area contributed by atoms with E-state index in [4.69, 9.17) is 0 Å². The van der Waals surface area contributed by atoms with Gasteiger partial charge in [-0.25, -0.2) is 0 Å². The highest BCUT2D eigenvalue weighted by Crippen LogP contribution is 2.35. The molecule has 0 aromatic heterocycles. The minimum Gasteiger partial charge on any atom is -0.391 e. The molecule has 0 amide bonds. The fourth-order valence-electron chi connectivity index (χ4n) is 2.36. The molecule has 2 saturated heterocycles. The van der Waals surface area contributed by atoms with Gasteiger partial charge in [0.15, 0.2) is 5.79 Å². The second-order valence-electron chi connectivity index (χ2n) is 3.94. The highest BCUT2D eigenvalue weighted by Gasteiger charge is 2.52. The van der Waals surface area contributed by atoms with Crippen molar-refractivity contribution in [3.8, 4) is 0 Å². The van der Waals surface area contributed by atoms with Gasteiger partial charge in [0.2, 0.25) is 0 Å². The van der Waals surface area contributed by atoms with Crippen LogP contribution in [-0.2, 0) is 0 Å². The SMILES string of the molecule is OC1CCN2C(O)CCC(O)(O)C12. The van der Waals surface area contributed by atoms with E-state index < -0.39 is 24.2 Å². The molecule has 3 atom stereocenters. The Bertz CT molecular complexity index is 208. The second kappa shape index (κ2) is 2.90. The summed E-state index contributed by atoms with van der Waals surface area (Å²) in [6.07, 6.45) is -0.438. The first kappa shape index (κ1) is 9.36. The van der Waals surface area contributed by atoms with Gasteiger partial charge in [0.05, 0.1) is 12.1 Å². The first-order valence-corrected chi connectivity index (χ1v) is 4.59. The van der Waals surface area contributed by atoms with Gasteiger partial charge in [-0.2, -0.15) is 0 Å². The van der Waals surface area contributed by atoms with E-state index in [0.29, 0.717) is 19.4 Å². The van der Waals surface area contributed by atoms with Gasteiger partial charge in [-0.05, 0) is 12.8 Å². The Morgan fingerprint density at radius 1 is 1.15 bits per heavy atom. The number of nitrogens with zero attached hydrogens (tertiary/aromatic N) is 1. The number of aliphatic hydroxyl groups excluding tert-OH is 2. The maximum Gasteiger partial charge on any atom is 0.181 e. The first-order valence-electron chi connectivity index (χ1n) is 4.59. The molecule has 2 rings (SSSR count). The Morgan fingerprint density at radius 2 is 1.85 bits per heavy atom. The molecule has 0 saturated carbocycles. The van der Waals surface area contributed by atoms with Crippen LogP contribution in [0.4, 0.5) is 0 Å². The zero-order valence-electron chi connectivity index (χ0n) is 7.30. The van der Waals surface area contributed by atoms with Crippen LogP contribution in [0.3, 0.4) is 0 Å². The predicted octanol–water partition coefficient (Wildman–Crippen LogP) is -1.79. The standard InChI is InChI=1S/C8H15NO4/c10-5-2-4-9-6(11)1-3-8(12,13)7(5)9/h5-7,10-13H,1-4H2. The van der Waals surface area contributed by atoms with Crippen LogP contribution in [0.2, 0.25) is 0 Å². The van der Waals surface area contributed by atoms with Crippen molar-refractivity contribution in [3.05, 3.63) is 0 Å². The third kappa shape index (κ3) is 1.37. The number of fused-ring (bicyclic) bond motifs is 1. The van der Waals surface area contributed by atoms with Crippen molar-refractivity contribution in [1.82, 2.24) is 4.90 Å². The molecule has 4 N–H and O–H groups in total. The Hall–Kier alpha value is -0.200. The summed E-state index contributed by atoms with van der Waals surface area (Å²) in [5.41, 5.74) is 0. The number of hydrogen-bond acceptors (Lipinski definition) is 5. The molecule has 2 heterocycles. The number of aliphatic hydroxyl groups is 4. The average molecular weight is 189 g/mol. The summed E-state index contributed by atoms with van der Waals surface area (Å²) in [5, 5.41) is 38.2. The third-order valence-corrected chi connectivity index (χ3v) is 3.03. The summed E-state index contributed by atoms with van der Waals surface area (Å²) >= 11 is 0. The Balaban J connectivity index is 2.22. The van der Waals surface area contributed by atoms with Crippen molar-refractivity contribution in [2.45, 2.75) is 43.4 Å². The van der Waals surface area contributed by atoms with Crippen LogP contribution in [0.25, 0.3) is 0 Å². The number of hydrogen-bond donors (Lipinski definition) is 4. The maximum atomic E-state index is 9.58. The lowest BCUT2D eigenvalue weighted by atomic mass is 9.93. The van der Waals surface area contributed by atoms with E-state index >= 15 is 0 Å². The Labute approximate surface area is 76.2 Å². The van der Waals surface area contributed by atoms with Gasteiger partial charge in [0.25, 0.3) is 0 Å². The largest absolute Gasteiger partial charge is 0.391 e. The summed E-state index contributed by atoms with van der Waals surface area (Å²) in [6.45, 7) is 0.524. The van der Waals surface area contributed by atoms with Crippen molar-refractivity contribution in [2.24, 2.45) is 0 Å². The number of piperidine rings is 1. The summed E-state index contributed by atoms with van der Waals surface area (Å²) in [5.74, 6) is -1.85. The smallest absolute Gasteiger partial charge is 0.181 e. The first-order chi connectivity index (χ1) is 6.02. The predicted molar refractivity (Wildman–Crippen MR) is 43.5 cm³/mol. The number of rotatable bonds is 0. The minimum atomic E-state index is -1.85.